The second kappa shape index (κ2) is 7.14. The summed E-state index contributed by atoms with van der Waals surface area (Å²) in [5, 5.41) is 6.09. The van der Waals surface area contributed by atoms with Gasteiger partial charge in [-0.2, -0.15) is 0 Å². The van der Waals surface area contributed by atoms with E-state index in [9.17, 15) is 4.79 Å². The zero-order chi connectivity index (χ0) is 14.4. The van der Waals surface area contributed by atoms with Crippen molar-refractivity contribution in [3.63, 3.8) is 0 Å². The van der Waals surface area contributed by atoms with Crippen LogP contribution in [-0.2, 0) is 11.3 Å². The van der Waals surface area contributed by atoms with Crippen LogP contribution in [0.25, 0.3) is 0 Å². The average Bonchev–Trinajstić information content (AvgIpc) is 2.86. The second-order valence-electron chi connectivity index (χ2n) is 5.05. The summed E-state index contributed by atoms with van der Waals surface area (Å²) in [4.78, 5) is 11.7. The summed E-state index contributed by atoms with van der Waals surface area (Å²) in [6, 6.07) is 6.04. The summed E-state index contributed by atoms with van der Waals surface area (Å²) in [5.41, 5.74) is 1.07. The van der Waals surface area contributed by atoms with E-state index in [2.05, 4.69) is 17.6 Å². The van der Waals surface area contributed by atoms with Crippen LogP contribution in [0.5, 0.6) is 11.5 Å². The Morgan fingerprint density at radius 2 is 2.15 bits per heavy atom. The molecule has 1 unspecified atom stereocenters. The Kier molecular flexibility index (Phi) is 5.24. The number of benzene rings is 1. The van der Waals surface area contributed by atoms with Crippen molar-refractivity contribution in [1.29, 1.82) is 0 Å². The van der Waals surface area contributed by atoms with Crippen LogP contribution in [-0.4, -0.2) is 25.3 Å². The third kappa shape index (κ3) is 4.13. The maximum absolute atomic E-state index is 11.7. The SMILES string of the molecule is CCCC(C)NC(=O)CNCc1ccc2c(c1)OCO2. The summed E-state index contributed by atoms with van der Waals surface area (Å²) < 4.78 is 10.6. The maximum atomic E-state index is 11.7. The van der Waals surface area contributed by atoms with E-state index in [0.29, 0.717) is 13.1 Å². The van der Waals surface area contributed by atoms with E-state index in [1.807, 2.05) is 25.1 Å². The minimum Gasteiger partial charge on any atom is -0.454 e. The zero-order valence-corrected chi connectivity index (χ0v) is 12.1. The lowest BCUT2D eigenvalue weighted by atomic mass is 10.2. The van der Waals surface area contributed by atoms with Gasteiger partial charge in [-0.1, -0.05) is 19.4 Å². The highest BCUT2D eigenvalue weighted by molar-refractivity contribution is 5.78. The Morgan fingerprint density at radius 3 is 2.95 bits per heavy atom. The molecule has 20 heavy (non-hydrogen) atoms. The van der Waals surface area contributed by atoms with E-state index in [0.717, 1.165) is 29.9 Å². The van der Waals surface area contributed by atoms with Crippen molar-refractivity contribution in [3.05, 3.63) is 23.8 Å². The number of nitrogens with one attached hydrogen (secondary N) is 2. The van der Waals surface area contributed by atoms with E-state index in [-0.39, 0.29) is 18.7 Å². The topological polar surface area (TPSA) is 59.6 Å². The Labute approximate surface area is 119 Å². The molecule has 0 spiro atoms. The lowest BCUT2D eigenvalue weighted by molar-refractivity contribution is -0.120. The lowest BCUT2D eigenvalue weighted by Crippen LogP contribution is -2.38. The third-order valence-corrected chi connectivity index (χ3v) is 3.18. The zero-order valence-electron chi connectivity index (χ0n) is 12.1. The summed E-state index contributed by atoms with van der Waals surface area (Å²) in [7, 11) is 0. The molecule has 0 saturated heterocycles. The fourth-order valence-electron chi connectivity index (χ4n) is 2.20. The predicted octanol–water partition coefficient (Wildman–Crippen LogP) is 1.81. The second-order valence-corrected chi connectivity index (χ2v) is 5.05. The predicted molar refractivity (Wildman–Crippen MR) is 76.8 cm³/mol. The van der Waals surface area contributed by atoms with E-state index < -0.39 is 0 Å². The summed E-state index contributed by atoms with van der Waals surface area (Å²) in [6.45, 7) is 5.37. The number of rotatable bonds is 7. The van der Waals surface area contributed by atoms with Gasteiger partial charge in [0.05, 0.1) is 6.54 Å². The highest BCUT2D eigenvalue weighted by atomic mass is 16.7. The van der Waals surface area contributed by atoms with Crippen LogP contribution in [0.1, 0.15) is 32.3 Å². The first-order valence-corrected chi connectivity index (χ1v) is 7.07. The van der Waals surface area contributed by atoms with Gasteiger partial charge >= 0.3 is 0 Å². The van der Waals surface area contributed by atoms with Crippen molar-refractivity contribution in [2.24, 2.45) is 0 Å². The van der Waals surface area contributed by atoms with Crippen LogP contribution >= 0.6 is 0 Å². The lowest BCUT2D eigenvalue weighted by Gasteiger charge is -2.13. The fourth-order valence-corrected chi connectivity index (χ4v) is 2.20. The van der Waals surface area contributed by atoms with E-state index in [1.54, 1.807) is 0 Å². The van der Waals surface area contributed by atoms with Crippen LogP contribution < -0.4 is 20.1 Å². The Bertz CT molecular complexity index is 462. The van der Waals surface area contributed by atoms with E-state index in [1.165, 1.54) is 0 Å². The number of hydrogen-bond acceptors (Lipinski definition) is 4. The quantitative estimate of drug-likeness (QED) is 0.798. The number of carbonyl (C=O) groups is 1. The van der Waals surface area contributed by atoms with Gasteiger partial charge in [0.1, 0.15) is 0 Å². The molecule has 110 valence electrons. The first kappa shape index (κ1) is 14.7. The van der Waals surface area contributed by atoms with Crippen molar-refractivity contribution in [3.8, 4) is 11.5 Å². The smallest absolute Gasteiger partial charge is 0.234 e. The molecule has 5 heteroatoms. The van der Waals surface area contributed by atoms with Gasteiger partial charge in [-0.25, -0.2) is 0 Å². The largest absolute Gasteiger partial charge is 0.454 e. The van der Waals surface area contributed by atoms with Gasteiger partial charge in [0, 0.05) is 12.6 Å². The Hall–Kier alpha value is -1.75. The number of ether oxygens (including phenoxy) is 2. The van der Waals surface area contributed by atoms with Gasteiger partial charge in [0.2, 0.25) is 12.7 Å². The van der Waals surface area contributed by atoms with Gasteiger partial charge in [-0.05, 0) is 31.0 Å². The maximum Gasteiger partial charge on any atom is 0.234 e. The average molecular weight is 278 g/mol. The van der Waals surface area contributed by atoms with Gasteiger partial charge in [0.25, 0.3) is 0 Å². The molecular weight excluding hydrogens is 256 g/mol. The number of carbonyl (C=O) groups excluding carboxylic acids is 1. The molecule has 1 aromatic carbocycles. The molecule has 0 radical (unpaired) electrons. The molecule has 1 amide bonds. The Balaban J connectivity index is 1.71. The van der Waals surface area contributed by atoms with Gasteiger partial charge < -0.3 is 20.1 Å². The third-order valence-electron chi connectivity index (χ3n) is 3.18. The number of fused-ring (bicyclic) bond motifs is 1. The minimum absolute atomic E-state index is 0.0340. The highest BCUT2D eigenvalue weighted by Crippen LogP contribution is 2.32. The van der Waals surface area contributed by atoms with Crippen molar-refractivity contribution in [2.45, 2.75) is 39.3 Å². The van der Waals surface area contributed by atoms with E-state index in [4.69, 9.17) is 9.47 Å². The molecule has 1 aliphatic rings. The molecular formula is C15H22N2O3. The summed E-state index contributed by atoms with van der Waals surface area (Å²) >= 11 is 0. The molecule has 0 saturated carbocycles. The van der Waals surface area contributed by atoms with Crippen molar-refractivity contribution >= 4 is 5.91 Å². The molecule has 0 fully saturated rings. The Morgan fingerprint density at radius 1 is 1.35 bits per heavy atom. The molecule has 5 nitrogen and oxygen atoms in total. The monoisotopic (exact) mass is 278 g/mol. The number of amides is 1. The molecule has 1 aliphatic heterocycles. The van der Waals surface area contributed by atoms with Gasteiger partial charge in [-0.3, -0.25) is 4.79 Å². The first-order valence-electron chi connectivity index (χ1n) is 7.07. The summed E-state index contributed by atoms with van der Waals surface area (Å²) in [5.74, 6) is 1.58. The standard InChI is InChI=1S/C15H22N2O3/c1-3-4-11(2)17-15(18)9-16-8-12-5-6-13-14(7-12)20-10-19-13/h5-7,11,16H,3-4,8-10H2,1-2H3,(H,17,18). The van der Waals surface area contributed by atoms with Gasteiger partial charge in [-0.15, -0.1) is 0 Å². The molecule has 1 atom stereocenters. The minimum atomic E-state index is 0.0340. The van der Waals surface area contributed by atoms with Crippen molar-refractivity contribution in [1.82, 2.24) is 10.6 Å². The van der Waals surface area contributed by atoms with Crippen LogP contribution in [0.3, 0.4) is 0 Å². The van der Waals surface area contributed by atoms with Crippen LogP contribution in [0.2, 0.25) is 0 Å². The molecule has 0 aliphatic carbocycles. The molecule has 1 heterocycles. The fraction of sp³-hybridized carbons (Fsp3) is 0.533. The van der Waals surface area contributed by atoms with E-state index >= 15 is 0 Å². The van der Waals surface area contributed by atoms with Crippen molar-refractivity contribution in [2.75, 3.05) is 13.3 Å². The van der Waals surface area contributed by atoms with Gasteiger partial charge in [0.15, 0.2) is 11.5 Å². The molecule has 2 N–H and O–H groups in total. The first-order chi connectivity index (χ1) is 9.69. The van der Waals surface area contributed by atoms with Crippen LogP contribution in [0.4, 0.5) is 0 Å². The molecule has 0 bridgehead atoms. The van der Waals surface area contributed by atoms with Crippen molar-refractivity contribution < 1.29 is 14.3 Å². The molecule has 2 rings (SSSR count). The normalized spacial score (nSPS) is 14.1. The summed E-state index contributed by atoms with van der Waals surface area (Å²) in [6.07, 6.45) is 2.08. The van der Waals surface area contributed by atoms with Crippen LogP contribution in [0, 0.1) is 0 Å². The molecule has 1 aromatic rings. The van der Waals surface area contributed by atoms with Crippen LogP contribution in [0.15, 0.2) is 18.2 Å². The number of hydrogen-bond donors (Lipinski definition) is 2. The molecule has 0 aromatic heterocycles. The highest BCUT2D eigenvalue weighted by Gasteiger charge is 2.13.